The maximum atomic E-state index is 12.2. The summed E-state index contributed by atoms with van der Waals surface area (Å²) in [6.45, 7) is 8.16. The molecule has 0 aliphatic carbocycles. The second kappa shape index (κ2) is 6.18. The molecule has 1 N–H and O–H groups in total. The van der Waals surface area contributed by atoms with E-state index in [1.807, 2.05) is 26.0 Å². The van der Waals surface area contributed by atoms with Crippen LogP contribution >= 0.6 is 11.3 Å². The van der Waals surface area contributed by atoms with Gasteiger partial charge in [-0.25, -0.2) is 4.98 Å². The predicted octanol–water partition coefficient (Wildman–Crippen LogP) is 4.53. The van der Waals surface area contributed by atoms with Crippen molar-refractivity contribution < 1.29 is 4.79 Å². The second-order valence-corrected chi connectivity index (χ2v) is 6.24. The Morgan fingerprint density at radius 3 is 2.45 bits per heavy atom. The number of anilines is 1. The zero-order valence-electron chi connectivity index (χ0n) is 12.4. The van der Waals surface area contributed by atoms with Crippen LogP contribution in [0.2, 0.25) is 0 Å². The van der Waals surface area contributed by atoms with Gasteiger partial charge in [-0.15, -0.1) is 11.3 Å². The van der Waals surface area contributed by atoms with Gasteiger partial charge >= 0.3 is 0 Å². The summed E-state index contributed by atoms with van der Waals surface area (Å²) in [5.74, 6) is 0.468. The molecule has 1 atom stereocenters. The minimum Gasteiger partial charge on any atom is -0.321 e. The fraction of sp³-hybridized carbons (Fsp3) is 0.375. The molecule has 106 valence electrons. The number of aryl methyl sites for hydroxylation is 2. The van der Waals surface area contributed by atoms with Crippen molar-refractivity contribution in [3.63, 3.8) is 0 Å². The first-order valence-electron chi connectivity index (χ1n) is 6.86. The Morgan fingerprint density at radius 2 is 1.95 bits per heavy atom. The summed E-state index contributed by atoms with van der Waals surface area (Å²) in [6, 6.07) is 8.08. The lowest BCUT2D eigenvalue weighted by Gasteiger charge is -2.10. The van der Waals surface area contributed by atoms with Crippen LogP contribution < -0.4 is 5.32 Å². The van der Waals surface area contributed by atoms with Gasteiger partial charge in [0.2, 0.25) is 0 Å². The molecule has 2 rings (SSSR count). The number of hydrogen-bond acceptors (Lipinski definition) is 3. The van der Waals surface area contributed by atoms with Gasteiger partial charge in [-0.3, -0.25) is 4.79 Å². The fourth-order valence-corrected chi connectivity index (χ4v) is 2.88. The number of carbonyl (C=O) groups excluding carboxylic acids is 1. The number of nitrogens with one attached hydrogen (secondary N) is 1. The summed E-state index contributed by atoms with van der Waals surface area (Å²) in [5.41, 5.74) is 2.92. The van der Waals surface area contributed by atoms with Crippen molar-refractivity contribution in [3.8, 4) is 0 Å². The second-order valence-electron chi connectivity index (χ2n) is 5.03. The molecule has 0 spiro atoms. The lowest BCUT2D eigenvalue weighted by Crippen LogP contribution is -2.11. The molecule has 0 saturated carbocycles. The van der Waals surface area contributed by atoms with E-state index in [0.717, 1.165) is 22.8 Å². The number of amides is 1. The zero-order valence-corrected chi connectivity index (χ0v) is 13.2. The highest BCUT2D eigenvalue weighted by Crippen LogP contribution is 2.22. The van der Waals surface area contributed by atoms with Crippen molar-refractivity contribution in [3.05, 3.63) is 45.4 Å². The van der Waals surface area contributed by atoms with Crippen molar-refractivity contribution in [2.24, 2.45) is 0 Å². The lowest BCUT2D eigenvalue weighted by molar-refractivity contribution is 0.103. The molecule has 1 aromatic carbocycles. The van der Waals surface area contributed by atoms with Gasteiger partial charge in [-0.1, -0.05) is 26.0 Å². The van der Waals surface area contributed by atoms with Crippen LogP contribution in [0.4, 0.5) is 5.69 Å². The van der Waals surface area contributed by atoms with Gasteiger partial charge in [0.05, 0.1) is 10.7 Å². The van der Waals surface area contributed by atoms with Crippen LogP contribution in [-0.2, 0) is 0 Å². The van der Waals surface area contributed by atoms with E-state index < -0.39 is 0 Å². The van der Waals surface area contributed by atoms with E-state index in [2.05, 4.69) is 36.3 Å². The van der Waals surface area contributed by atoms with Crippen molar-refractivity contribution in [1.29, 1.82) is 0 Å². The number of aromatic nitrogens is 1. The molecule has 0 fully saturated rings. The van der Waals surface area contributed by atoms with Crippen LogP contribution in [0.1, 0.15) is 52.1 Å². The Labute approximate surface area is 124 Å². The highest BCUT2D eigenvalue weighted by Gasteiger charge is 2.14. The van der Waals surface area contributed by atoms with E-state index in [1.165, 1.54) is 16.9 Å². The summed E-state index contributed by atoms with van der Waals surface area (Å²) in [5, 5.41) is 3.84. The number of hydrogen-bond donors (Lipinski definition) is 1. The van der Waals surface area contributed by atoms with Crippen LogP contribution in [0.15, 0.2) is 24.3 Å². The predicted molar refractivity (Wildman–Crippen MR) is 84.7 cm³/mol. The molecule has 0 radical (unpaired) electrons. The largest absolute Gasteiger partial charge is 0.321 e. The molecule has 3 nitrogen and oxygen atoms in total. The Morgan fingerprint density at radius 1 is 1.30 bits per heavy atom. The molecular formula is C16H20N2OS. The molecule has 0 aliphatic heterocycles. The van der Waals surface area contributed by atoms with Crippen molar-refractivity contribution in [2.75, 3.05) is 5.32 Å². The quantitative estimate of drug-likeness (QED) is 0.898. The molecular weight excluding hydrogens is 268 g/mol. The molecule has 0 aliphatic rings. The molecule has 0 saturated heterocycles. The van der Waals surface area contributed by atoms with Gasteiger partial charge < -0.3 is 5.32 Å². The zero-order chi connectivity index (χ0) is 14.7. The Bertz CT molecular complexity index is 601. The first kappa shape index (κ1) is 14.7. The topological polar surface area (TPSA) is 42.0 Å². The van der Waals surface area contributed by atoms with E-state index in [9.17, 15) is 4.79 Å². The molecule has 2 aromatic rings. The summed E-state index contributed by atoms with van der Waals surface area (Å²) in [6.07, 6.45) is 1.12. The van der Waals surface area contributed by atoms with E-state index in [1.54, 1.807) is 0 Å². The Kier molecular flexibility index (Phi) is 4.55. The van der Waals surface area contributed by atoms with Crippen LogP contribution in [0.25, 0.3) is 0 Å². The average molecular weight is 288 g/mol. The third-order valence-electron chi connectivity index (χ3n) is 3.46. The first-order valence-corrected chi connectivity index (χ1v) is 7.68. The summed E-state index contributed by atoms with van der Waals surface area (Å²) < 4.78 is 0. The minimum absolute atomic E-state index is 0.0793. The van der Waals surface area contributed by atoms with Gasteiger partial charge in [0.25, 0.3) is 5.91 Å². The summed E-state index contributed by atoms with van der Waals surface area (Å²) in [4.78, 5) is 17.2. The smallest absolute Gasteiger partial charge is 0.267 e. The molecule has 1 unspecified atom stereocenters. The molecule has 1 aromatic heterocycles. The van der Waals surface area contributed by atoms with Crippen LogP contribution in [0.5, 0.6) is 0 Å². The lowest BCUT2D eigenvalue weighted by atomic mass is 9.99. The highest BCUT2D eigenvalue weighted by molar-refractivity contribution is 7.13. The van der Waals surface area contributed by atoms with Gasteiger partial charge in [0.15, 0.2) is 0 Å². The highest BCUT2D eigenvalue weighted by atomic mass is 32.1. The monoisotopic (exact) mass is 288 g/mol. The SMILES string of the molecule is CCC(C)c1ccc(NC(=O)c2sc(C)nc2C)cc1. The summed E-state index contributed by atoms with van der Waals surface area (Å²) >= 11 is 1.43. The van der Waals surface area contributed by atoms with Gasteiger partial charge in [0, 0.05) is 5.69 Å². The Balaban J connectivity index is 2.10. The van der Waals surface area contributed by atoms with E-state index in [4.69, 9.17) is 0 Å². The normalized spacial score (nSPS) is 12.2. The first-order chi connectivity index (χ1) is 9.51. The molecule has 1 amide bonds. The van der Waals surface area contributed by atoms with Crippen molar-refractivity contribution >= 4 is 22.9 Å². The number of nitrogens with zero attached hydrogens (tertiary/aromatic N) is 1. The minimum atomic E-state index is -0.0793. The summed E-state index contributed by atoms with van der Waals surface area (Å²) in [7, 11) is 0. The van der Waals surface area contributed by atoms with E-state index in [-0.39, 0.29) is 5.91 Å². The van der Waals surface area contributed by atoms with Gasteiger partial charge in [-0.2, -0.15) is 0 Å². The molecule has 1 heterocycles. The molecule has 20 heavy (non-hydrogen) atoms. The van der Waals surface area contributed by atoms with Crippen LogP contribution in [0, 0.1) is 13.8 Å². The maximum Gasteiger partial charge on any atom is 0.267 e. The molecule has 0 bridgehead atoms. The van der Waals surface area contributed by atoms with Crippen LogP contribution in [0.3, 0.4) is 0 Å². The maximum absolute atomic E-state index is 12.2. The van der Waals surface area contributed by atoms with Gasteiger partial charge in [-0.05, 0) is 43.9 Å². The van der Waals surface area contributed by atoms with Crippen LogP contribution in [-0.4, -0.2) is 10.9 Å². The third kappa shape index (κ3) is 3.25. The number of benzene rings is 1. The number of thiazole rings is 1. The van der Waals surface area contributed by atoms with E-state index in [0.29, 0.717) is 10.8 Å². The standard InChI is InChI=1S/C16H20N2OS/c1-5-10(2)13-6-8-14(9-7-13)18-16(19)15-11(3)17-12(4)20-15/h6-10H,5H2,1-4H3,(H,18,19). The molecule has 4 heteroatoms. The third-order valence-corrected chi connectivity index (χ3v) is 4.53. The number of rotatable bonds is 4. The fourth-order valence-electron chi connectivity index (χ4n) is 2.06. The van der Waals surface area contributed by atoms with Crippen molar-refractivity contribution in [2.45, 2.75) is 40.0 Å². The average Bonchev–Trinajstić information content (AvgIpc) is 2.78. The van der Waals surface area contributed by atoms with E-state index >= 15 is 0 Å². The Hall–Kier alpha value is -1.68. The van der Waals surface area contributed by atoms with Gasteiger partial charge in [0.1, 0.15) is 4.88 Å². The van der Waals surface area contributed by atoms with Crippen molar-refractivity contribution in [1.82, 2.24) is 4.98 Å². The number of carbonyl (C=O) groups is 1.